The first-order chi connectivity index (χ1) is 8.20. The van der Waals surface area contributed by atoms with Gasteiger partial charge in [0.2, 0.25) is 0 Å². The van der Waals surface area contributed by atoms with Gasteiger partial charge in [-0.3, -0.25) is 0 Å². The number of aromatic nitrogens is 1. The number of thiazole rings is 1. The molecular weight excluding hydrogens is 252 g/mol. The van der Waals surface area contributed by atoms with Crippen LogP contribution >= 0.6 is 23.6 Å². The third-order valence-corrected chi connectivity index (χ3v) is 3.71. The molecule has 0 unspecified atom stereocenters. The molecule has 0 fully saturated rings. The van der Waals surface area contributed by atoms with Crippen molar-refractivity contribution < 1.29 is 4.74 Å². The van der Waals surface area contributed by atoms with E-state index in [1.165, 1.54) is 11.3 Å². The smallest absolute Gasteiger partial charge is 0.122 e. The SMILES string of the molecule is COc1ccccc1Cc1ncc(C(N)=S)s1. The molecule has 0 amide bonds. The normalized spacial score (nSPS) is 10.2. The quantitative estimate of drug-likeness (QED) is 0.861. The summed E-state index contributed by atoms with van der Waals surface area (Å²) in [7, 11) is 1.67. The zero-order valence-electron chi connectivity index (χ0n) is 9.34. The van der Waals surface area contributed by atoms with Crippen molar-refractivity contribution in [3.05, 3.63) is 45.9 Å². The summed E-state index contributed by atoms with van der Waals surface area (Å²) in [5, 5.41) is 0.984. The van der Waals surface area contributed by atoms with Gasteiger partial charge in [0, 0.05) is 18.2 Å². The maximum atomic E-state index is 5.55. The maximum absolute atomic E-state index is 5.55. The van der Waals surface area contributed by atoms with E-state index in [2.05, 4.69) is 4.98 Å². The van der Waals surface area contributed by atoms with Gasteiger partial charge in [-0.1, -0.05) is 30.4 Å². The van der Waals surface area contributed by atoms with Crippen LogP contribution in [0.25, 0.3) is 0 Å². The Balaban J connectivity index is 2.22. The molecule has 2 N–H and O–H groups in total. The first-order valence-corrected chi connectivity index (χ1v) is 6.29. The van der Waals surface area contributed by atoms with E-state index < -0.39 is 0 Å². The summed E-state index contributed by atoms with van der Waals surface area (Å²) < 4.78 is 5.30. The van der Waals surface area contributed by atoms with Gasteiger partial charge in [0.1, 0.15) is 10.7 Å². The average molecular weight is 264 g/mol. The molecular formula is C12H12N2OS2. The van der Waals surface area contributed by atoms with Crippen LogP contribution in [0.5, 0.6) is 5.75 Å². The monoisotopic (exact) mass is 264 g/mol. The highest BCUT2D eigenvalue weighted by Crippen LogP contribution is 2.23. The molecule has 0 aliphatic heterocycles. The van der Waals surface area contributed by atoms with Crippen LogP contribution in [0.4, 0.5) is 0 Å². The van der Waals surface area contributed by atoms with Crippen molar-refractivity contribution in [3.63, 3.8) is 0 Å². The Hall–Kier alpha value is -1.46. The highest BCUT2D eigenvalue weighted by atomic mass is 32.1. The van der Waals surface area contributed by atoms with Crippen LogP contribution in [-0.4, -0.2) is 17.1 Å². The first-order valence-electron chi connectivity index (χ1n) is 5.07. The summed E-state index contributed by atoms with van der Waals surface area (Å²) in [5.74, 6) is 0.875. The third kappa shape index (κ3) is 2.81. The van der Waals surface area contributed by atoms with Gasteiger partial charge < -0.3 is 10.5 Å². The fourth-order valence-electron chi connectivity index (χ4n) is 1.52. The fourth-order valence-corrected chi connectivity index (χ4v) is 2.49. The number of nitrogens with two attached hydrogens (primary N) is 1. The zero-order valence-corrected chi connectivity index (χ0v) is 11.0. The minimum absolute atomic E-state index is 0.397. The lowest BCUT2D eigenvalue weighted by molar-refractivity contribution is 0.410. The lowest BCUT2D eigenvalue weighted by Crippen LogP contribution is -2.06. The van der Waals surface area contributed by atoms with E-state index >= 15 is 0 Å². The van der Waals surface area contributed by atoms with Gasteiger partial charge >= 0.3 is 0 Å². The van der Waals surface area contributed by atoms with Gasteiger partial charge in [-0.05, 0) is 6.07 Å². The highest BCUT2D eigenvalue weighted by Gasteiger charge is 2.08. The Kier molecular flexibility index (Phi) is 3.71. The number of benzene rings is 1. The van der Waals surface area contributed by atoms with Gasteiger partial charge in [0.15, 0.2) is 0 Å². The van der Waals surface area contributed by atoms with Gasteiger partial charge in [-0.15, -0.1) is 11.3 Å². The Morgan fingerprint density at radius 1 is 1.47 bits per heavy atom. The van der Waals surface area contributed by atoms with Crippen LogP contribution in [0.1, 0.15) is 15.4 Å². The summed E-state index contributed by atoms with van der Waals surface area (Å²) >= 11 is 6.43. The van der Waals surface area contributed by atoms with E-state index in [1.54, 1.807) is 13.3 Å². The van der Waals surface area contributed by atoms with Crippen LogP contribution in [0.15, 0.2) is 30.5 Å². The predicted molar refractivity (Wildman–Crippen MR) is 73.8 cm³/mol. The van der Waals surface area contributed by atoms with Crippen molar-refractivity contribution >= 4 is 28.5 Å². The molecule has 1 aromatic carbocycles. The van der Waals surface area contributed by atoms with Crippen LogP contribution in [-0.2, 0) is 6.42 Å². The molecule has 1 heterocycles. The molecule has 88 valence electrons. The molecule has 0 bridgehead atoms. The maximum Gasteiger partial charge on any atom is 0.122 e. The molecule has 0 saturated heterocycles. The molecule has 3 nitrogen and oxygen atoms in total. The Bertz CT molecular complexity index is 537. The molecule has 1 aromatic heterocycles. The largest absolute Gasteiger partial charge is 0.496 e. The minimum atomic E-state index is 0.397. The van der Waals surface area contributed by atoms with E-state index in [9.17, 15) is 0 Å². The van der Waals surface area contributed by atoms with E-state index in [4.69, 9.17) is 22.7 Å². The Morgan fingerprint density at radius 3 is 2.88 bits per heavy atom. The predicted octanol–water partition coefficient (Wildman–Crippen LogP) is 2.38. The number of nitrogens with zero attached hydrogens (tertiary/aromatic N) is 1. The van der Waals surface area contributed by atoms with Gasteiger partial charge in [-0.25, -0.2) is 4.98 Å². The van der Waals surface area contributed by atoms with Gasteiger partial charge in [-0.2, -0.15) is 0 Å². The standard InChI is InChI=1S/C12H12N2OS2/c1-15-9-5-3-2-4-8(9)6-11-14-7-10(17-11)12(13)16/h2-5,7H,6H2,1H3,(H2,13,16). The summed E-state index contributed by atoms with van der Waals surface area (Å²) in [6.45, 7) is 0. The van der Waals surface area contributed by atoms with Crippen molar-refractivity contribution in [3.8, 4) is 5.75 Å². The van der Waals surface area contributed by atoms with Crippen molar-refractivity contribution in [1.82, 2.24) is 4.98 Å². The number of para-hydroxylation sites is 1. The summed E-state index contributed by atoms with van der Waals surface area (Å²) in [6.07, 6.45) is 2.45. The molecule has 2 rings (SSSR count). The zero-order chi connectivity index (χ0) is 12.3. The van der Waals surface area contributed by atoms with Gasteiger partial charge in [0.25, 0.3) is 0 Å². The molecule has 0 aliphatic carbocycles. The Labute approximate surface area is 109 Å². The summed E-state index contributed by atoms with van der Waals surface area (Å²) in [5.41, 5.74) is 6.66. The van der Waals surface area contributed by atoms with E-state index in [0.717, 1.165) is 27.6 Å². The van der Waals surface area contributed by atoms with Crippen LogP contribution < -0.4 is 10.5 Å². The topological polar surface area (TPSA) is 48.1 Å². The molecule has 0 spiro atoms. The number of ether oxygens (including phenoxy) is 1. The van der Waals surface area contributed by atoms with Crippen molar-refractivity contribution in [2.45, 2.75) is 6.42 Å². The van der Waals surface area contributed by atoms with Crippen molar-refractivity contribution in [1.29, 1.82) is 0 Å². The van der Waals surface area contributed by atoms with Gasteiger partial charge in [0.05, 0.1) is 17.0 Å². The first kappa shape index (κ1) is 12.0. The second-order valence-electron chi connectivity index (χ2n) is 3.47. The molecule has 0 atom stereocenters. The van der Waals surface area contributed by atoms with Crippen molar-refractivity contribution in [2.24, 2.45) is 5.73 Å². The summed E-state index contributed by atoms with van der Waals surface area (Å²) in [6, 6.07) is 7.91. The number of rotatable bonds is 4. The van der Waals surface area contributed by atoms with E-state index in [-0.39, 0.29) is 0 Å². The third-order valence-electron chi connectivity index (χ3n) is 2.33. The molecule has 0 radical (unpaired) electrons. The second-order valence-corrected chi connectivity index (χ2v) is 5.03. The lowest BCUT2D eigenvalue weighted by atomic mass is 10.1. The van der Waals surface area contributed by atoms with Crippen molar-refractivity contribution in [2.75, 3.05) is 7.11 Å². The molecule has 0 aliphatic rings. The minimum Gasteiger partial charge on any atom is -0.496 e. The fraction of sp³-hybridized carbons (Fsp3) is 0.167. The van der Waals surface area contributed by atoms with Crippen LogP contribution in [0.2, 0.25) is 0 Å². The van der Waals surface area contributed by atoms with Crippen LogP contribution in [0.3, 0.4) is 0 Å². The van der Waals surface area contributed by atoms with Crippen LogP contribution in [0, 0.1) is 0 Å². The van der Waals surface area contributed by atoms with E-state index in [1.807, 2.05) is 24.3 Å². The molecule has 0 saturated carbocycles. The second kappa shape index (κ2) is 5.25. The number of thiocarbonyl (C=S) groups is 1. The molecule has 17 heavy (non-hydrogen) atoms. The average Bonchev–Trinajstić information content (AvgIpc) is 2.78. The van der Waals surface area contributed by atoms with E-state index in [0.29, 0.717) is 4.99 Å². The number of hydrogen-bond donors (Lipinski definition) is 1. The Morgan fingerprint density at radius 2 is 2.24 bits per heavy atom. The lowest BCUT2D eigenvalue weighted by Gasteiger charge is -2.05. The highest BCUT2D eigenvalue weighted by molar-refractivity contribution is 7.81. The number of methoxy groups -OCH3 is 1. The molecule has 5 heteroatoms. The number of hydrogen-bond acceptors (Lipinski definition) is 4. The summed E-state index contributed by atoms with van der Waals surface area (Å²) in [4.78, 5) is 5.55. The molecule has 2 aromatic rings.